The maximum Gasteiger partial charge on any atom is 0.307 e. The molecule has 2 fully saturated rings. The van der Waals surface area contributed by atoms with Gasteiger partial charge in [-0.05, 0) is 31.7 Å². The van der Waals surface area contributed by atoms with E-state index >= 15 is 0 Å². The smallest absolute Gasteiger partial charge is 0.307 e. The summed E-state index contributed by atoms with van der Waals surface area (Å²) in [7, 11) is 1.84. The molecule has 0 saturated heterocycles. The summed E-state index contributed by atoms with van der Waals surface area (Å²) in [5, 5.41) is 9.00. The van der Waals surface area contributed by atoms with Gasteiger partial charge in [-0.1, -0.05) is 36.2 Å². The van der Waals surface area contributed by atoms with Crippen LogP contribution >= 0.6 is 0 Å². The van der Waals surface area contributed by atoms with E-state index in [1.807, 2.05) is 11.9 Å². The predicted molar refractivity (Wildman–Crippen MR) is 83.6 cm³/mol. The van der Waals surface area contributed by atoms with Gasteiger partial charge in [0, 0.05) is 19.0 Å². The normalized spacial score (nSPS) is 30.1. The molecule has 118 valence electrons. The van der Waals surface area contributed by atoms with E-state index in [0.717, 1.165) is 19.3 Å². The van der Waals surface area contributed by atoms with Crippen molar-refractivity contribution in [2.24, 2.45) is 11.8 Å². The molecule has 0 bridgehead atoms. The van der Waals surface area contributed by atoms with Gasteiger partial charge < -0.3 is 10.0 Å². The number of carbonyl (C=O) groups excluding carboxylic acids is 1. The highest BCUT2D eigenvalue weighted by molar-refractivity contribution is 5.89. The van der Waals surface area contributed by atoms with Crippen LogP contribution < -0.4 is 0 Å². The maximum absolute atomic E-state index is 12.5. The van der Waals surface area contributed by atoms with Gasteiger partial charge in [0.2, 0.25) is 5.91 Å². The molecule has 1 aromatic rings. The van der Waals surface area contributed by atoms with E-state index in [9.17, 15) is 9.59 Å². The fraction of sp³-hybridized carbons (Fsp3) is 0.556. The van der Waals surface area contributed by atoms with Crippen molar-refractivity contribution < 1.29 is 14.7 Å². The molecule has 4 unspecified atom stereocenters. The average Bonchev–Trinajstić information content (AvgIpc) is 3.17. The molecule has 2 saturated carbocycles. The minimum absolute atomic E-state index is 0.0106. The first-order valence-corrected chi connectivity index (χ1v) is 8.05. The molecule has 4 atom stereocenters. The molecule has 0 heterocycles. The van der Waals surface area contributed by atoms with E-state index < -0.39 is 11.9 Å². The summed E-state index contributed by atoms with van der Waals surface area (Å²) in [6, 6.07) is 8.76. The Balaban J connectivity index is 1.71. The van der Waals surface area contributed by atoms with E-state index in [1.165, 1.54) is 11.1 Å². The Bertz CT molecular complexity index is 580. The number of carboxylic acids is 1. The van der Waals surface area contributed by atoms with Crippen molar-refractivity contribution >= 4 is 11.9 Å². The minimum Gasteiger partial charge on any atom is -0.481 e. The standard InChI is InChI=1S/C18H23NO3/c1-11-6-8-12(9-7-11)13-4-3-5-16(13)19(2)17(20)14-10-15(14)18(21)22/h6-9,13-16H,3-5,10H2,1-2H3,(H,21,22). The summed E-state index contributed by atoms with van der Waals surface area (Å²) in [5.74, 6) is -1.22. The number of hydrogen-bond acceptors (Lipinski definition) is 2. The number of rotatable bonds is 4. The molecule has 1 N–H and O–H groups in total. The molecule has 4 nitrogen and oxygen atoms in total. The minimum atomic E-state index is -0.840. The van der Waals surface area contributed by atoms with Gasteiger partial charge >= 0.3 is 5.97 Å². The zero-order chi connectivity index (χ0) is 15.9. The third kappa shape index (κ3) is 2.74. The fourth-order valence-electron chi connectivity index (χ4n) is 3.77. The molecule has 1 aromatic carbocycles. The van der Waals surface area contributed by atoms with Crippen LogP contribution in [-0.2, 0) is 9.59 Å². The largest absolute Gasteiger partial charge is 0.481 e. The number of aryl methyl sites for hydroxylation is 1. The van der Waals surface area contributed by atoms with Crippen molar-refractivity contribution in [1.82, 2.24) is 4.90 Å². The lowest BCUT2D eigenvalue weighted by molar-refractivity contribution is -0.142. The van der Waals surface area contributed by atoms with Crippen molar-refractivity contribution in [3.8, 4) is 0 Å². The summed E-state index contributed by atoms with van der Waals surface area (Å²) < 4.78 is 0. The van der Waals surface area contributed by atoms with Crippen molar-refractivity contribution in [3.05, 3.63) is 35.4 Å². The Kier molecular flexibility index (Phi) is 3.94. The molecule has 0 aromatic heterocycles. The third-order valence-electron chi connectivity index (χ3n) is 5.25. The number of carboxylic acid groups (broad SMARTS) is 1. The van der Waals surface area contributed by atoms with Crippen LogP contribution in [0.4, 0.5) is 0 Å². The van der Waals surface area contributed by atoms with E-state index in [4.69, 9.17) is 5.11 Å². The van der Waals surface area contributed by atoms with Crippen LogP contribution in [0.3, 0.4) is 0 Å². The maximum atomic E-state index is 12.5. The average molecular weight is 301 g/mol. The summed E-state index contributed by atoms with van der Waals surface area (Å²) in [5.41, 5.74) is 2.53. The first-order valence-electron chi connectivity index (χ1n) is 8.05. The lowest BCUT2D eigenvalue weighted by Gasteiger charge is -2.30. The monoisotopic (exact) mass is 301 g/mol. The van der Waals surface area contributed by atoms with E-state index in [0.29, 0.717) is 12.3 Å². The highest BCUT2D eigenvalue weighted by Crippen LogP contribution is 2.43. The van der Waals surface area contributed by atoms with Gasteiger partial charge in [0.25, 0.3) is 0 Å². The van der Waals surface area contributed by atoms with Gasteiger partial charge in [-0.15, -0.1) is 0 Å². The fourth-order valence-corrected chi connectivity index (χ4v) is 3.77. The first kappa shape index (κ1) is 15.1. The molecule has 1 amide bonds. The van der Waals surface area contributed by atoms with Crippen LogP contribution in [0.15, 0.2) is 24.3 Å². The second-order valence-corrected chi connectivity index (χ2v) is 6.75. The van der Waals surface area contributed by atoms with Crippen LogP contribution in [0.1, 0.15) is 42.7 Å². The SMILES string of the molecule is Cc1ccc(C2CCCC2N(C)C(=O)C2CC2C(=O)O)cc1. The van der Waals surface area contributed by atoms with E-state index in [1.54, 1.807) is 0 Å². The quantitative estimate of drug-likeness (QED) is 0.930. The van der Waals surface area contributed by atoms with Gasteiger partial charge in [0.05, 0.1) is 11.8 Å². The molecular weight excluding hydrogens is 278 g/mol. The van der Waals surface area contributed by atoms with Crippen LogP contribution in [0.2, 0.25) is 0 Å². The highest BCUT2D eigenvalue weighted by atomic mass is 16.4. The zero-order valence-corrected chi connectivity index (χ0v) is 13.2. The van der Waals surface area contributed by atoms with Crippen molar-refractivity contribution in [2.75, 3.05) is 7.05 Å². The number of carbonyl (C=O) groups is 2. The number of nitrogens with zero attached hydrogens (tertiary/aromatic N) is 1. The van der Waals surface area contributed by atoms with Crippen LogP contribution in [0, 0.1) is 18.8 Å². The predicted octanol–water partition coefficient (Wildman–Crippen LogP) is 2.81. The number of benzene rings is 1. The topological polar surface area (TPSA) is 57.6 Å². The van der Waals surface area contributed by atoms with Crippen LogP contribution in [0.5, 0.6) is 0 Å². The summed E-state index contributed by atoms with van der Waals surface area (Å²) >= 11 is 0. The van der Waals surface area contributed by atoms with Crippen molar-refractivity contribution in [2.45, 2.75) is 44.6 Å². The highest BCUT2D eigenvalue weighted by Gasteiger charge is 2.50. The van der Waals surface area contributed by atoms with E-state index in [-0.39, 0.29) is 17.9 Å². The van der Waals surface area contributed by atoms with Crippen molar-refractivity contribution in [1.29, 1.82) is 0 Å². The number of amides is 1. The lowest BCUT2D eigenvalue weighted by atomic mass is 9.92. The second-order valence-electron chi connectivity index (χ2n) is 6.75. The van der Waals surface area contributed by atoms with Gasteiger partial charge in [-0.3, -0.25) is 9.59 Å². The second kappa shape index (κ2) is 5.75. The Labute approximate surface area is 131 Å². The Morgan fingerprint density at radius 2 is 1.82 bits per heavy atom. The summed E-state index contributed by atoms with van der Waals surface area (Å²) in [6.07, 6.45) is 3.72. The molecule has 4 heteroatoms. The molecule has 0 radical (unpaired) electrons. The van der Waals surface area contributed by atoms with Gasteiger partial charge in [-0.25, -0.2) is 0 Å². The number of likely N-dealkylation sites (N-methyl/N-ethyl adjacent to an activating group) is 1. The van der Waals surface area contributed by atoms with Gasteiger partial charge in [0.15, 0.2) is 0 Å². The van der Waals surface area contributed by atoms with E-state index in [2.05, 4.69) is 31.2 Å². The molecular formula is C18H23NO3. The number of hydrogen-bond donors (Lipinski definition) is 1. The summed E-state index contributed by atoms with van der Waals surface area (Å²) in [6.45, 7) is 2.07. The van der Waals surface area contributed by atoms with Crippen LogP contribution in [0.25, 0.3) is 0 Å². The zero-order valence-electron chi connectivity index (χ0n) is 13.2. The Morgan fingerprint density at radius 1 is 1.14 bits per heavy atom. The van der Waals surface area contributed by atoms with Gasteiger partial charge in [0.1, 0.15) is 0 Å². The first-order chi connectivity index (χ1) is 10.5. The Hall–Kier alpha value is -1.84. The molecule has 3 rings (SSSR count). The Morgan fingerprint density at radius 3 is 2.41 bits per heavy atom. The molecule has 0 spiro atoms. The molecule has 22 heavy (non-hydrogen) atoms. The van der Waals surface area contributed by atoms with Crippen molar-refractivity contribution in [3.63, 3.8) is 0 Å². The lowest BCUT2D eigenvalue weighted by Crippen LogP contribution is -2.40. The molecule has 2 aliphatic rings. The number of aliphatic carboxylic acids is 1. The third-order valence-corrected chi connectivity index (χ3v) is 5.25. The van der Waals surface area contributed by atoms with Crippen LogP contribution in [-0.4, -0.2) is 35.0 Å². The molecule has 0 aliphatic heterocycles. The molecule has 2 aliphatic carbocycles. The summed E-state index contributed by atoms with van der Waals surface area (Å²) in [4.78, 5) is 25.3. The van der Waals surface area contributed by atoms with Gasteiger partial charge in [-0.2, -0.15) is 0 Å².